The first-order chi connectivity index (χ1) is 8.22. The van der Waals surface area contributed by atoms with Crippen LogP contribution in [0.15, 0.2) is 18.2 Å². The van der Waals surface area contributed by atoms with Crippen LogP contribution >= 0.6 is 12.4 Å². The number of aryl methyl sites for hydroxylation is 1. The molecule has 0 radical (unpaired) electrons. The summed E-state index contributed by atoms with van der Waals surface area (Å²) in [7, 11) is 0. The van der Waals surface area contributed by atoms with E-state index in [2.05, 4.69) is 10.2 Å². The summed E-state index contributed by atoms with van der Waals surface area (Å²) in [6.07, 6.45) is 0. The van der Waals surface area contributed by atoms with Crippen molar-refractivity contribution in [2.24, 2.45) is 0 Å². The van der Waals surface area contributed by atoms with Gasteiger partial charge in [0.2, 0.25) is 0 Å². The fraction of sp³-hybridized carbons (Fsp3) is 0.538. The van der Waals surface area contributed by atoms with Crippen LogP contribution in [-0.2, 0) is 0 Å². The Morgan fingerprint density at radius 2 is 2.00 bits per heavy atom. The summed E-state index contributed by atoms with van der Waals surface area (Å²) in [4.78, 5) is 2.12. The Morgan fingerprint density at radius 3 is 2.56 bits per heavy atom. The SMILES string of the molecule is Cc1cc(F)ccc1[C@@H](CF)N1CCNCC1.Cl. The minimum Gasteiger partial charge on any atom is -0.314 e. The van der Waals surface area contributed by atoms with Crippen LogP contribution in [0, 0.1) is 12.7 Å². The van der Waals surface area contributed by atoms with E-state index in [0.29, 0.717) is 0 Å². The standard InChI is InChI=1S/C13H18F2N2.ClH/c1-10-8-11(15)2-3-12(10)13(9-14)17-6-4-16-5-7-17;/h2-3,8,13,16H,4-7,9H2,1H3;1H/t13-;/m1./s1. The molecule has 5 heteroatoms. The highest BCUT2D eigenvalue weighted by Gasteiger charge is 2.23. The quantitative estimate of drug-likeness (QED) is 0.912. The molecule has 0 amide bonds. The van der Waals surface area contributed by atoms with E-state index in [1.54, 1.807) is 6.07 Å². The largest absolute Gasteiger partial charge is 0.314 e. The van der Waals surface area contributed by atoms with Gasteiger partial charge < -0.3 is 5.32 Å². The fourth-order valence-corrected chi connectivity index (χ4v) is 2.38. The Bertz CT molecular complexity index is 381. The van der Waals surface area contributed by atoms with Crippen molar-refractivity contribution in [1.82, 2.24) is 10.2 Å². The molecule has 0 bridgehead atoms. The Balaban J connectivity index is 0.00000162. The molecule has 2 rings (SSSR count). The number of nitrogens with one attached hydrogen (secondary N) is 1. The molecule has 1 aromatic carbocycles. The van der Waals surface area contributed by atoms with Gasteiger partial charge in [-0.15, -0.1) is 12.4 Å². The number of hydrogen-bond donors (Lipinski definition) is 1. The van der Waals surface area contributed by atoms with Crippen LogP contribution in [0.3, 0.4) is 0 Å². The number of halogens is 3. The number of benzene rings is 1. The maximum absolute atomic E-state index is 13.3. The van der Waals surface area contributed by atoms with Gasteiger partial charge in [-0.1, -0.05) is 6.07 Å². The van der Waals surface area contributed by atoms with E-state index >= 15 is 0 Å². The van der Waals surface area contributed by atoms with Crippen molar-refractivity contribution in [2.75, 3.05) is 32.9 Å². The second kappa shape index (κ2) is 7.02. The van der Waals surface area contributed by atoms with E-state index in [1.807, 2.05) is 6.92 Å². The smallest absolute Gasteiger partial charge is 0.123 e. The summed E-state index contributed by atoms with van der Waals surface area (Å²) in [6.45, 7) is 4.86. The van der Waals surface area contributed by atoms with Gasteiger partial charge in [-0.3, -0.25) is 4.90 Å². The van der Waals surface area contributed by atoms with Gasteiger partial charge in [0.15, 0.2) is 0 Å². The maximum Gasteiger partial charge on any atom is 0.123 e. The number of nitrogens with zero attached hydrogens (tertiary/aromatic N) is 1. The lowest BCUT2D eigenvalue weighted by atomic mass is 10.00. The highest BCUT2D eigenvalue weighted by Crippen LogP contribution is 2.25. The molecule has 0 aliphatic carbocycles. The molecule has 18 heavy (non-hydrogen) atoms. The first-order valence-electron chi connectivity index (χ1n) is 5.99. The molecule has 1 aromatic rings. The van der Waals surface area contributed by atoms with Crippen LogP contribution in [0.5, 0.6) is 0 Å². The third-order valence-electron chi connectivity index (χ3n) is 3.33. The van der Waals surface area contributed by atoms with Crippen molar-refractivity contribution in [1.29, 1.82) is 0 Å². The van der Waals surface area contributed by atoms with Gasteiger partial charge in [0.05, 0.1) is 6.04 Å². The molecule has 1 atom stereocenters. The van der Waals surface area contributed by atoms with Crippen molar-refractivity contribution in [3.8, 4) is 0 Å². The monoisotopic (exact) mass is 276 g/mol. The van der Waals surface area contributed by atoms with Crippen LogP contribution < -0.4 is 5.32 Å². The first-order valence-corrected chi connectivity index (χ1v) is 5.99. The number of alkyl halides is 1. The number of hydrogen-bond acceptors (Lipinski definition) is 2. The van der Waals surface area contributed by atoms with Gasteiger partial charge in [0, 0.05) is 26.2 Å². The van der Waals surface area contributed by atoms with Crippen molar-refractivity contribution in [3.05, 3.63) is 35.1 Å². The zero-order chi connectivity index (χ0) is 12.3. The maximum atomic E-state index is 13.3. The Labute approximate surface area is 113 Å². The lowest BCUT2D eigenvalue weighted by molar-refractivity contribution is 0.147. The summed E-state index contributed by atoms with van der Waals surface area (Å²) in [5.74, 6) is -0.260. The zero-order valence-electron chi connectivity index (χ0n) is 10.5. The molecule has 0 saturated carbocycles. The topological polar surface area (TPSA) is 15.3 Å². The summed E-state index contributed by atoms with van der Waals surface area (Å²) in [5.41, 5.74) is 1.72. The third kappa shape index (κ3) is 3.40. The van der Waals surface area contributed by atoms with E-state index in [1.165, 1.54) is 12.1 Å². The predicted molar refractivity (Wildman–Crippen MR) is 71.5 cm³/mol. The second-order valence-electron chi connectivity index (χ2n) is 4.46. The number of rotatable bonds is 3. The minimum absolute atomic E-state index is 0. The van der Waals surface area contributed by atoms with E-state index in [9.17, 15) is 8.78 Å². The normalized spacial score (nSPS) is 18.2. The van der Waals surface area contributed by atoms with Crippen molar-refractivity contribution >= 4 is 12.4 Å². The lowest BCUT2D eigenvalue weighted by Crippen LogP contribution is -2.45. The third-order valence-corrected chi connectivity index (χ3v) is 3.33. The zero-order valence-corrected chi connectivity index (χ0v) is 11.3. The van der Waals surface area contributed by atoms with Gasteiger partial charge in [0.25, 0.3) is 0 Å². The summed E-state index contributed by atoms with van der Waals surface area (Å²) < 4.78 is 26.3. The predicted octanol–water partition coefficient (Wildman–Crippen LogP) is 2.47. The molecule has 0 spiro atoms. The van der Waals surface area contributed by atoms with Gasteiger partial charge >= 0.3 is 0 Å². The molecule has 1 N–H and O–H groups in total. The molecule has 1 heterocycles. The molecular formula is C13H19ClF2N2. The molecule has 1 fully saturated rings. The highest BCUT2D eigenvalue weighted by molar-refractivity contribution is 5.85. The van der Waals surface area contributed by atoms with Gasteiger partial charge in [-0.25, -0.2) is 8.78 Å². The average Bonchev–Trinajstić information content (AvgIpc) is 2.34. The average molecular weight is 277 g/mol. The molecule has 0 unspecified atom stereocenters. The van der Waals surface area contributed by atoms with Crippen molar-refractivity contribution in [2.45, 2.75) is 13.0 Å². The van der Waals surface area contributed by atoms with E-state index in [0.717, 1.165) is 37.3 Å². The summed E-state index contributed by atoms with van der Waals surface area (Å²) in [5, 5.41) is 3.24. The lowest BCUT2D eigenvalue weighted by Gasteiger charge is -2.34. The Morgan fingerprint density at radius 1 is 1.33 bits per heavy atom. The van der Waals surface area contributed by atoms with Gasteiger partial charge in [-0.05, 0) is 30.2 Å². The summed E-state index contributed by atoms with van der Waals surface area (Å²) >= 11 is 0. The van der Waals surface area contributed by atoms with Gasteiger partial charge in [0.1, 0.15) is 12.5 Å². The molecule has 1 saturated heterocycles. The van der Waals surface area contributed by atoms with Crippen LogP contribution in [0.2, 0.25) is 0 Å². The van der Waals surface area contributed by atoms with Crippen LogP contribution in [0.4, 0.5) is 8.78 Å². The van der Waals surface area contributed by atoms with Gasteiger partial charge in [-0.2, -0.15) is 0 Å². The summed E-state index contributed by atoms with van der Waals surface area (Å²) in [6, 6.07) is 4.35. The molecular weight excluding hydrogens is 258 g/mol. The first kappa shape index (κ1) is 15.3. The molecule has 1 aliphatic heterocycles. The van der Waals surface area contributed by atoms with Crippen molar-refractivity contribution < 1.29 is 8.78 Å². The van der Waals surface area contributed by atoms with Crippen LogP contribution in [-0.4, -0.2) is 37.8 Å². The van der Waals surface area contributed by atoms with Crippen molar-refractivity contribution in [3.63, 3.8) is 0 Å². The minimum atomic E-state index is -0.424. The highest BCUT2D eigenvalue weighted by atomic mass is 35.5. The Kier molecular flexibility index (Phi) is 5.99. The molecule has 0 aromatic heterocycles. The van der Waals surface area contributed by atoms with E-state index in [4.69, 9.17) is 0 Å². The van der Waals surface area contributed by atoms with Crippen LogP contribution in [0.25, 0.3) is 0 Å². The van der Waals surface area contributed by atoms with Crippen LogP contribution in [0.1, 0.15) is 17.2 Å². The number of piperazine rings is 1. The molecule has 102 valence electrons. The molecule has 1 aliphatic rings. The second-order valence-corrected chi connectivity index (χ2v) is 4.46. The molecule has 2 nitrogen and oxygen atoms in total. The Hall–Kier alpha value is -0.710. The van der Waals surface area contributed by atoms with E-state index in [-0.39, 0.29) is 24.3 Å². The van der Waals surface area contributed by atoms with E-state index < -0.39 is 6.67 Å². The fourth-order valence-electron chi connectivity index (χ4n) is 2.38.